The molecular weight excluding hydrogens is 426 g/mol. The van der Waals surface area contributed by atoms with Crippen molar-refractivity contribution in [3.8, 4) is 17.0 Å². The van der Waals surface area contributed by atoms with E-state index in [1.165, 1.54) is 4.88 Å². The molecule has 1 atom stereocenters. The fourth-order valence-electron chi connectivity index (χ4n) is 3.83. The lowest BCUT2D eigenvalue weighted by Crippen LogP contribution is -2.10. The fourth-order valence-corrected chi connectivity index (χ4v) is 5.04. The van der Waals surface area contributed by atoms with Crippen molar-refractivity contribution >= 4 is 23.0 Å². The summed E-state index contributed by atoms with van der Waals surface area (Å²) in [6.45, 7) is 6.02. The van der Waals surface area contributed by atoms with Crippen LogP contribution in [0.4, 0.5) is 0 Å². The number of carboxylic acid groups (broad SMARTS) is 1. The average molecular weight is 450 g/mol. The Balaban J connectivity index is 1.82. The summed E-state index contributed by atoms with van der Waals surface area (Å²) in [5, 5.41) is 27.5. The number of benzene rings is 1. The maximum Gasteiger partial charge on any atom is 0.306 e. The number of thiophene rings is 1. The predicted molar refractivity (Wildman–Crippen MR) is 122 cm³/mol. The van der Waals surface area contributed by atoms with E-state index in [2.05, 4.69) is 36.0 Å². The first-order valence-electron chi connectivity index (χ1n) is 10.2. The molecule has 0 amide bonds. The van der Waals surface area contributed by atoms with E-state index in [4.69, 9.17) is 10.2 Å². The van der Waals surface area contributed by atoms with Crippen LogP contribution in [0, 0.1) is 32.7 Å². The number of carboxylic acids is 1. The van der Waals surface area contributed by atoms with Gasteiger partial charge in [-0.05, 0) is 38.3 Å². The Labute approximate surface area is 189 Å². The third kappa shape index (κ3) is 4.02. The topological polar surface area (TPSA) is 113 Å². The Bertz CT molecular complexity index is 1260. The second-order valence-corrected chi connectivity index (χ2v) is 8.81. The van der Waals surface area contributed by atoms with Gasteiger partial charge in [0.1, 0.15) is 16.9 Å². The first kappa shape index (κ1) is 21.7. The number of hydroxylamine groups is 1. The maximum atomic E-state index is 11.6. The molecule has 0 unspecified atom stereocenters. The van der Waals surface area contributed by atoms with E-state index in [9.17, 15) is 9.90 Å². The van der Waals surface area contributed by atoms with E-state index in [0.717, 1.165) is 39.4 Å². The Morgan fingerprint density at radius 1 is 1.22 bits per heavy atom. The van der Waals surface area contributed by atoms with Crippen molar-refractivity contribution < 1.29 is 15.1 Å². The lowest BCUT2D eigenvalue weighted by Gasteiger charge is -2.11. The minimum atomic E-state index is -0.933. The fraction of sp³-hybridized carbons (Fsp3) is 0.304. The van der Waals surface area contributed by atoms with Gasteiger partial charge in [0.25, 0.3) is 0 Å². The van der Waals surface area contributed by atoms with Gasteiger partial charge >= 0.3 is 5.97 Å². The molecule has 32 heavy (non-hydrogen) atoms. The molecule has 0 saturated carbocycles. The van der Waals surface area contributed by atoms with Crippen LogP contribution in [0.3, 0.4) is 0 Å². The molecule has 0 radical (unpaired) electrons. The van der Waals surface area contributed by atoms with Gasteiger partial charge in [0.15, 0.2) is 5.82 Å². The molecule has 0 aliphatic carbocycles. The summed E-state index contributed by atoms with van der Waals surface area (Å²) in [6.07, 6.45) is 1.21. The average Bonchev–Trinajstić information content (AvgIpc) is 3.24. The van der Waals surface area contributed by atoms with Crippen molar-refractivity contribution in [1.82, 2.24) is 20.2 Å². The highest BCUT2D eigenvalue weighted by Gasteiger charge is 2.32. The molecule has 3 N–H and O–H groups in total. The van der Waals surface area contributed by atoms with Crippen LogP contribution in [0.1, 0.15) is 57.7 Å². The summed E-state index contributed by atoms with van der Waals surface area (Å²) >= 11 is 1.64. The van der Waals surface area contributed by atoms with E-state index in [0.29, 0.717) is 18.1 Å². The Kier molecular flexibility index (Phi) is 6.08. The molecule has 3 aromatic rings. The van der Waals surface area contributed by atoms with Crippen LogP contribution in [-0.4, -0.2) is 36.8 Å². The number of rotatable bonds is 5. The third-order valence-electron chi connectivity index (χ3n) is 5.52. The zero-order chi connectivity index (χ0) is 22.8. The van der Waals surface area contributed by atoms with Gasteiger partial charge in [0.05, 0.1) is 12.1 Å². The number of aliphatic imine (C=N–C) groups is 1. The molecule has 1 aliphatic heterocycles. The van der Waals surface area contributed by atoms with E-state index in [-0.39, 0.29) is 6.42 Å². The molecule has 0 fully saturated rings. The van der Waals surface area contributed by atoms with Gasteiger partial charge in [-0.25, -0.2) is 5.48 Å². The van der Waals surface area contributed by atoms with Gasteiger partial charge < -0.3 is 5.11 Å². The number of aromatic nitrogens is 3. The number of nitrogens with one attached hydrogen (secondary N) is 1. The number of nitrogens with zero attached hydrogens (tertiary/aromatic N) is 4. The number of fused-ring (bicyclic) bond motifs is 3. The Hall–Kier alpha value is -3.48. The van der Waals surface area contributed by atoms with Gasteiger partial charge in [-0.1, -0.05) is 30.2 Å². The molecule has 1 aliphatic rings. The third-order valence-corrected chi connectivity index (χ3v) is 6.71. The highest BCUT2D eigenvalue weighted by atomic mass is 32.1. The molecular formula is C23H23N5O3S. The van der Waals surface area contributed by atoms with Crippen LogP contribution in [-0.2, 0) is 11.2 Å². The van der Waals surface area contributed by atoms with Gasteiger partial charge in [0.2, 0.25) is 0 Å². The van der Waals surface area contributed by atoms with Crippen molar-refractivity contribution in [2.45, 2.75) is 46.1 Å². The van der Waals surface area contributed by atoms with E-state index >= 15 is 0 Å². The molecule has 4 rings (SSSR count). The number of aryl methyl sites for hydroxylation is 3. The van der Waals surface area contributed by atoms with Crippen LogP contribution in [0.25, 0.3) is 5.00 Å². The van der Waals surface area contributed by atoms with E-state index in [1.54, 1.807) is 11.3 Å². The second kappa shape index (κ2) is 8.94. The molecule has 164 valence electrons. The van der Waals surface area contributed by atoms with Gasteiger partial charge in [-0.2, -0.15) is 0 Å². The Morgan fingerprint density at radius 3 is 2.66 bits per heavy atom. The monoisotopic (exact) mass is 449 g/mol. The summed E-state index contributed by atoms with van der Waals surface area (Å²) in [5.74, 6) is 3.15. The van der Waals surface area contributed by atoms with Gasteiger partial charge in [-0.3, -0.25) is 19.6 Å². The van der Waals surface area contributed by atoms with Crippen LogP contribution in [0.5, 0.6) is 0 Å². The molecule has 2 aromatic heterocycles. The quantitative estimate of drug-likeness (QED) is 0.312. The van der Waals surface area contributed by atoms with Crippen molar-refractivity contribution in [2.75, 3.05) is 0 Å². The van der Waals surface area contributed by atoms with E-state index < -0.39 is 12.0 Å². The van der Waals surface area contributed by atoms with Crippen molar-refractivity contribution in [3.05, 3.63) is 63.0 Å². The van der Waals surface area contributed by atoms with E-state index in [1.807, 2.05) is 41.2 Å². The summed E-state index contributed by atoms with van der Waals surface area (Å²) in [7, 11) is 0. The standard InChI is InChI=1S/C23H23N5O3S/c1-13-14(2)32-23-20(13)21(17-9-7-16(8-10-17)6-4-5-11-24-31)25-18(12-19(29)30)22-27-26-15(3)28(22)23/h7-10,18,24,31H,4,6,12H2,1-3H3,(H,29,30)/t18-/m1/s1. The number of hydrogen-bond donors (Lipinski definition) is 3. The summed E-state index contributed by atoms with van der Waals surface area (Å²) in [5.41, 5.74) is 6.75. The number of hydrogen-bond acceptors (Lipinski definition) is 7. The van der Waals surface area contributed by atoms with Crippen molar-refractivity contribution in [2.24, 2.45) is 4.99 Å². The first-order chi connectivity index (χ1) is 15.4. The predicted octanol–water partition coefficient (Wildman–Crippen LogP) is 3.49. The zero-order valence-electron chi connectivity index (χ0n) is 18.0. The summed E-state index contributed by atoms with van der Waals surface area (Å²) < 4.78 is 1.95. The molecule has 8 nitrogen and oxygen atoms in total. The highest BCUT2D eigenvalue weighted by Crippen LogP contribution is 2.39. The number of aliphatic carboxylic acids is 1. The van der Waals surface area contributed by atoms with Crippen LogP contribution in [0.15, 0.2) is 29.3 Å². The molecule has 1 aromatic carbocycles. The highest BCUT2D eigenvalue weighted by molar-refractivity contribution is 7.15. The van der Waals surface area contributed by atoms with Crippen LogP contribution < -0.4 is 5.48 Å². The van der Waals surface area contributed by atoms with Crippen LogP contribution in [0.2, 0.25) is 0 Å². The maximum absolute atomic E-state index is 11.6. The van der Waals surface area contributed by atoms with Crippen molar-refractivity contribution in [3.63, 3.8) is 0 Å². The van der Waals surface area contributed by atoms with Gasteiger partial charge in [0, 0.05) is 28.5 Å². The zero-order valence-corrected chi connectivity index (χ0v) is 18.8. The number of carbonyl (C=O) groups is 1. The minimum Gasteiger partial charge on any atom is -0.481 e. The Morgan fingerprint density at radius 2 is 1.97 bits per heavy atom. The molecule has 0 bridgehead atoms. The lowest BCUT2D eigenvalue weighted by molar-refractivity contribution is -0.137. The van der Waals surface area contributed by atoms with Crippen molar-refractivity contribution in [1.29, 1.82) is 0 Å². The normalized spacial score (nSPS) is 14.5. The first-order valence-corrected chi connectivity index (χ1v) is 11.0. The SMILES string of the molecule is Cc1sc2c(c1C)C(c1ccc(CCC#CNO)cc1)=N[C@H](CC(=O)O)c1nnc(C)n1-2. The largest absolute Gasteiger partial charge is 0.481 e. The lowest BCUT2D eigenvalue weighted by atomic mass is 9.98. The molecule has 3 heterocycles. The minimum absolute atomic E-state index is 0.162. The van der Waals surface area contributed by atoms with Crippen LogP contribution >= 0.6 is 11.3 Å². The molecule has 9 heteroatoms. The van der Waals surface area contributed by atoms with Gasteiger partial charge in [-0.15, -0.1) is 21.5 Å². The smallest absolute Gasteiger partial charge is 0.306 e. The summed E-state index contributed by atoms with van der Waals surface area (Å²) in [6, 6.07) is 9.87. The molecule has 0 saturated heterocycles. The molecule has 0 spiro atoms. The second-order valence-electron chi connectivity index (χ2n) is 7.61. The summed E-state index contributed by atoms with van der Waals surface area (Å²) in [4.78, 5) is 17.7.